The van der Waals surface area contributed by atoms with Gasteiger partial charge in [0.2, 0.25) is 0 Å². The number of nitrogens with zero attached hydrogens (tertiary/aromatic N) is 1. The maximum atomic E-state index is 11.6. The first-order valence-electron chi connectivity index (χ1n) is 7.07. The van der Waals surface area contributed by atoms with E-state index in [1.165, 1.54) is 11.1 Å². The molecule has 0 atom stereocenters. The number of aryl methyl sites for hydroxylation is 1. The van der Waals surface area contributed by atoms with Gasteiger partial charge in [0.1, 0.15) is 0 Å². The molecule has 1 aliphatic rings. The third kappa shape index (κ3) is 3.58. The molecule has 0 unspecified atom stereocenters. The molecular formula is C16H23NO3. The van der Waals surface area contributed by atoms with Crippen molar-refractivity contribution in [2.24, 2.45) is 5.41 Å². The van der Waals surface area contributed by atoms with Crippen LogP contribution in [-0.2, 0) is 16.1 Å². The van der Waals surface area contributed by atoms with E-state index in [4.69, 9.17) is 4.74 Å². The van der Waals surface area contributed by atoms with E-state index >= 15 is 0 Å². The van der Waals surface area contributed by atoms with E-state index in [1.807, 2.05) is 13.1 Å². The average Bonchev–Trinajstić information content (AvgIpc) is 2.39. The predicted molar refractivity (Wildman–Crippen MR) is 77.6 cm³/mol. The highest BCUT2D eigenvalue weighted by Gasteiger charge is 2.40. The Morgan fingerprint density at radius 2 is 2.10 bits per heavy atom. The number of aliphatic carboxylic acids is 1. The minimum atomic E-state index is -0.697. The van der Waals surface area contributed by atoms with Gasteiger partial charge in [0.15, 0.2) is 0 Å². The third-order valence-corrected chi connectivity index (χ3v) is 4.01. The molecule has 0 amide bonds. The van der Waals surface area contributed by atoms with Crippen LogP contribution in [0.2, 0.25) is 0 Å². The molecule has 0 bridgehead atoms. The number of carboxylic acid groups (broad SMARTS) is 1. The van der Waals surface area contributed by atoms with Crippen molar-refractivity contribution in [1.29, 1.82) is 0 Å². The van der Waals surface area contributed by atoms with Gasteiger partial charge >= 0.3 is 5.97 Å². The summed E-state index contributed by atoms with van der Waals surface area (Å²) in [5.74, 6) is -0.697. The molecule has 1 saturated heterocycles. The highest BCUT2D eigenvalue weighted by atomic mass is 16.5. The standard InChI is InChI=1S/C16H23NO3/c1-13-4-3-5-14(10-13)11-17(2)12-16(15(18)19)6-8-20-9-7-16/h3-5,10H,6-9,11-12H2,1-2H3,(H,18,19). The summed E-state index contributed by atoms with van der Waals surface area (Å²) in [4.78, 5) is 13.7. The number of hydrogen-bond donors (Lipinski definition) is 1. The van der Waals surface area contributed by atoms with Crippen molar-refractivity contribution >= 4 is 5.97 Å². The van der Waals surface area contributed by atoms with E-state index in [2.05, 4.69) is 30.0 Å². The topological polar surface area (TPSA) is 49.8 Å². The fourth-order valence-electron chi connectivity index (χ4n) is 2.90. The summed E-state index contributed by atoms with van der Waals surface area (Å²) in [6.45, 7) is 4.51. The summed E-state index contributed by atoms with van der Waals surface area (Å²) in [5.41, 5.74) is 1.80. The largest absolute Gasteiger partial charge is 0.481 e. The Hall–Kier alpha value is -1.39. The lowest BCUT2D eigenvalue weighted by Crippen LogP contribution is -2.45. The number of ether oxygens (including phenoxy) is 1. The molecule has 4 heteroatoms. The van der Waals surface area contributed by atoms with Crippen LogP contribution in [0.5, 0.6) is 0 Å². The van der Waals surface area contributed by atoms with Crippen LogP contribution >= 0.6 is 0 Å². The lowest BCUT2D eigenvalue weighted by atomic mass is 9.80. The van der Waals surface area contributed by atoms with E-state index in [0.29, 0.717) is 32.6 Å². The Kier molecular flexibility index (Phi) is 4.78. The first kappa shape index (κ1) is 15.0. The quantitative estimate of drug-likeness (QED) is 0.897. The number of carbonyl (C=O) groups is 1. The summed E-state index contributed by atoms with van der Waals surface area (Å²) < 4.78 is 5.31. The molecule has 20 heavy (non-hydrogen) atoms. The SMILES string of the molecule is Cc1cccc(CN(C)CC2(C(=O)O)CCOCC2)c1. The summed E-state index contributed by atoms with van der Waals surface area (Å²) in [6, 6.07) is 8.34. The van der Waals surface area contributed by atoms with Crippen molar-refractivity contribution in [2.45, 2.75) is 26.3 Å². The average molecular weight is 277 g/mol. The van der Waals surface area contributed by atoms with Crippen LogP contribution in [0, 0.1) is 12.3 Å². The summed E-state index contributed by atoms with van der Waals surface area (Å²) in [6.07, 6.45) is 1.20. The first-order valence-corrected chi connectivity index (χ1v) is 7.07. The van der Waals surface area contributed by atoms with Crippen molar-refractivity contribution in [1.82, 2.24) is 4.90 Å². The second-order valence-electron chi connectivity index (χ2n) is 5.86. The molecular weight excluding hydrogens is 254 g/mol. The van der Waals surface area contributed by atoms with Gasteiger partial charge in [-0.2, -0.15) is 0 Å². The fraction of sp³-hybridized carbons (Fsp3) is 0.562. The van der Waals surface area contributed by atoms with Crippen LogP contribution in [0.1, 0.15) is 24.0 Å². The molecule has 0 spiro atoms. The van der Waals surface area contributed by atoms with E-state index in [-0.39, 0.29) is 0 Å². The highest BCUT2D eigenvalue weighted by Crippen LogP contribution is 2.32. The maximum absolute atomic E-state index is 11.6. The zero-order valence-electron chi connectivity index (χ0n) is 12.3. The van der Waals surface area contributed by atoms with Crippen molar-refractivity contribution in [3.05, 3.63) is 35.4 Å². The van der Waals surface area contributed by atoms with E-state index in [0.717, 1.165) is 6.54 Å². The molecule has 1 aliphatic heterocycles. The van der Waals surface area contributed by atoms with Gasteiger partial charge in [-0.15, -0.1) is 0 Å². The smallest absolute Gasteiger partial charge is 0.311 e. The summed E-state index contributed by atoms with van der Waals surface area (Å²) in [5, 5.41) is 9.57. The normalized spacial score (nSPS) is 18.1. The summed E-state index contributed by atoms with van der Waals surface area (Å²) >= 11 is 0. The monoisotopic (exact) mass is 277 g/mol. The molecule has 0 saturated carbocycles. The van der Waals surface area contributed by atoms with Crippen LogP contribution < -0.4 is 0 Å². The van der Waals surface area contributed by atoms with E-state index < -0.39 is 11.4 Å². The van der Waals surface area contributed by atoms with Crippen LogP contribution in [0.25, 0.3) is 0 Å². The Morgan fingerprint density at radius 3 is 2.70 bits per heavy atom. The number of carboxylic acids is 1. The molecule has 2 rings (SSSR count). The van der Waals surface area contributed by atoms with E-state index in [9.17, 15) is 9.90 Å². The second kappa shape index (κ2) is 6.37. The molecule has 1 aromatic rings. The van der Waals surface area contributed by atoms with Gasteiger partial charge in [0.05, 0.1) is 5.41 Å². The first-order chi connectivity index (χ1) is 9.52. The lowest BCUT2D eigenvalue weighted by molar-refractivity contribution is -0.156. The van der Waals surface area contributed by atoms with Crippen LogP contribution in [0.15, 0.2) is 24.3 Å². The Bertz CT molecular complexity index is 467. The van der Waals surface area contributed by atoms with Crippen molar-refractivity contribution < 1.29 is 14.6 Å². The van der Waals surface area contributed by atoms with Gasteiger partial charge in [-0.05, 0) is 32.4 Å². The van der Waals surface area contributed by atoms with Crippen LogP contribution in [-0.4, -0.2) is 42.8 Å². The zero-order valence-corrected chi connectivity index (χ0v) is 12.3. The lowest BCUT2D eigenvalue weighted by Gasteiger charge is -2.36. The van der Waals surface area contributed by atoms with Crippen molar-refractivity contribution in [3.63, 3.8) is 0 Å². The number of benzene rings is 1. The number of hydrogen-bond acceptors (Lipinski definition) is 3. The summed E-state index contributed by atoms with van der Waals surface area (Å²) in [7, 11) is 1.99. The molecule has 0 aromatic heterocycles. The van der Waals surface area contributed by atoms with Gasteiger partial charge in [0, 0.05) is 26.3 Å². The maximum Gasteiger partial charge on any atom is 0.311 e. The van der Waals surface area contributed by atoms with Crippen LogP contribution in [0.3, 0.4) is 0 Å². The molecule has 1 fully saturated rings. The van der Waals surface area contributed by atoms with Crippen molar-refractivity contribution in [3.8, 4) is 0 Å². The molecule has 110 valence electrons. The van der Waals surface area contributed by atoms with Gasteiger partial charge in [-0.25, -0.2) is 0 Å². The minimum absolute atomic E-state index is 0.546. The van der Waals surface area contributed by atoms with E-state index in [1.54, 1.807) is 0 Å². The Morgan fingerprint density at radius 1 is 1.40 bits per heavy atom. The molecule has 1 aromatic carbocycles. The zero-order chi connectivity index (χ0) is 14.6. The Balaban J connectivity index is 2.01. The van der Waals surface area contributed by atoms with Gasteiger partial charge in [-0.3, -0.25) is 4.79 Å². The minimum Gasteiger partial charge on any atom is -0.481 e. The van der Waals surface area contributed by atoms with Crippen molar-refractivity contribution in [2.75, 3.05) is 26.8 Å². The van der Waals surface area contributed by atoms with Gasteiger partial charge in [0.25, 0.3) is 0 Å². The van der Waals surface area contributed by atoms with Crippen LogP contribution in [0.4, 0.5) is 0 Å². The molecule has 0 aliphatic carbocycles. The molecule has 4 nitrogen and oxygen atoms in total. The third-order valence-electron chi connectivity index (χ3n) is 4.01. The second-order valence-corrected chi connectivity index (χ2v) is 5.86. The predicted octanol–water partition coefficient (Wildman–Crippen LogP) is 2.31. The fourth-order valence-corrected chi connectivity index (χ4v) is 2.90. The van der Waals surface area contributed by atoms with Gasteiger partial charge in [-0.1, -0.05) is 29.8 Å². The van der Waals surface area contributed by atoms with Gasteiger partial charge < -0.3 is 14.7 Å². The molecule has 0 radical (unpaired) electrons. The highest BCUT2D eigenvalue weighted by molar-refractivity contribution is 5.75. The Labute approximate surface area is 120 Å². The number of rotatable bonds is 5. The molecule has 1 heterocycles. The molecule has 1 N–H and O–H groups in total.